The Hall–Kier alpha value is -3.55. The van der Waals surface area contributed by atoms with E-state index < -0.39 is 0 Å². The van der Waals surface area contributed by atoms with Crippen LogP contribution in [0, 0.1) is 0 Å². The highest BCUT2D eigenvalue weighted by Gasteiger charge is 2.21. The molecule has 1 amide bonds. The molecule has 29 heavy (non-hydrogen) atoms. The molecule has 0 atom stereocenters. The van der Waals surface area contributed by atoms with Crippen molar-refractivity contribution in [2.24, 2.45) is 0 Å². The van der Waals surface area contributed by atoms with Crippen LogP contribution in [-0.4, -0.2) is 30.2 Å². The Kier molecular flexibility index (Phi) is 4.31. The van der Waals surface area contributed by atoms with Gasteiger partial charge in [-0.1, -0.05) is 37.5 Å². The van der Waals surface area contributed by atoms with Crippen LogP contribution in [0.5, 0.6) is 0 Å². The predicted molar refractivity (Wildman–Crippen MR) is 109 cm³/mol. The smallest absolute Gasteiger partial charge is 0.267 e. The Bertz CT molecular complexity index is 1250. The Balaban J connectivity index is 1.53. The van der Waals surface area contributed by atoms with Crippen LogP contribution in [0.4, 0.5) is 0 Å². The lowest BCUT2D eigenvalue weighted by Crippen LogP contribution is -2.32. The molecule has 146 valence electrons. The number of pyridine rings is 1. The van der Waals surface area contributed by atoms with E-state index in [-0.39, 0.29) is 11.5 Å². The van der Waals surface area contributed by atoms with E-state index >= 15 is 0 Å². The van der Waals surface area contributed by atoms with Crippen molar-refractivity contribution in [3.63, 3.8) is 0 Å². The second-order valence-corrected chi connectivity index (χ2v) is 7.37. The fourth-order valence-electron chi connectivity index (χ4n) is 3.92. The lowest BCUT2D eigenvalue weighted by atomic mass is 9.89. The van der Waals surface area contributed by atoms with Crippen LogP contribution in [0.15, 0.2) is 53.6 Å². The van der Waals surface area contributed by atoms with Crippen molar-refractivity contribution in [3.05, 3.63) is 70.5 Å². The largest absolute Gasteiger partial charge is 0.280 e. The number of carbonyl (C=O) groups is 1. The molecular weight excluding hydrogens is 368 g/mol. The van der Waals surface area contributed by atoms with Crippen LogP contribution in [0.1, 0.15) is 54.2 Å². The molecule has 1 aliphatic rings. The summed E-state index contributed by atoms with van der Waals surface area (Å²) in [5.41, 5.74) is 3.35. The van der Waals surface area contributed by atoms with E-state index in [0.29, 0.717) is 28.2 Å². The molecule has 3 aromatic heterocycles. The Morgan fingerprint density at radius 3 is 2.66 bits per heavy atom. The van der Waals surface area contributed by atoms with E-state index in [1.54, 1.807) is 34.8 Å². The van der Waals surface area contributed by atoms with Gasteiger partial charge in [0.25, 0.3) is 17.2 Å². The molecule has 0 unspecified atom stereocenters. The normalized spacial score (nSPS) is 15.0. The zero-order valence-corrected chi connectivity index (χ0v) is 15.8. The number of hydrogen-bond donors (Lipinski definition) is 1. The van der Waals surface area contributed by atoms with Crippen molar-refractivity contribution < 1.29 is 4.79 Å². The first kappa shape index (κ1) is 17.5. The molecule has 0 radical (unpaired) electrons. The molecule has 4 aromatic rings. The summed E-state index contributed by atoms with van der Waals surface area (Å²) in [6.45, 7) is 0. The maximum Gasteiger partial charge on any atom is 0.280 e. The second kappa shape index (κ2) is 7.12. The zero-order valence-electron chi connectivity index (χ0n) is 15.8. The number of carbonyl (C=O) groups excluding carboxylic acids is 1. The highest BCUT2D eigenvalue weighted by Crippen LogP contribution is 2.31. The summed E-state index contributed by atoms with van der Waals surface area (Å²) in [4.78, 5) is 34.2. The molecule has 8 nitrogen and oxygen atoms in total. The summed E-state index contributed by atoms with van der Waals surface area (Å²) in [5, 5.41) is 5.02. The van der Waals surface area contributed by atoms with E-state index in [9.17, 15) is 9.59 Å². The van der Waals surface area contributed by atoms with Gasteiger partial charge in [-0.2, -0.15) is 9.50 Å². The first-order valence-corrected chi connectivity index (χ1v) is 9.84. The maximum absolute atomic E-state index is 12.9. The van der Waals surface area contributed by atoms with E-state index in [1.165, 1.54) is 36.3 Å². The van der Waals surface area contributed by atoms with Crippen molar-refractivity contribution in [2.45, 2.75) is 38.0 Å². The summed E-state index contributed by atoms with van der Waals surface area (Å²) < 4.78 is 2.80. The molecule has 1 aromatic carbocycles. The van der Waals surface area contributed by atoms with Crippen LogP contribution in [0.25, 0.3) is 16.7 Å². The van der Waals surface area contributed by atoms with E-state index in [2.05, 4.69) is 20.5 Å². The molecule has 0 aliphatic heterocycles. The Morgan fingerprint density at radius 1 is 1.07 bits per heavy atom. The van der Waals surface area contributed by atoms with Crippen molar-refractivity contribution in [3.8, 4) is 0 Å². The summed E-state index contributed by atoms with van der Waals surface area (Å²) >= 11 is 0. The van der Waals surface area contributed by atoms with Gasteiger partial charge in [0, 0.05) is 23.9 Å². The molecule has 1 saturated carbocycles. The van der Waals surface area contributed by atoms with E-state index in [0.717, 1.165) is 18.7 Å². The van der Waals surface area contributed by atoms with Gasteiger partial charge in [-0.3, -0.25) is 15.0 Å². The molecule has 1 N–H and O–H groups in total. The predicted octanol–water partition coefficient (Wildman–Crippen LogP) is 2.87. The van der Waals surface area contributed by atoms with Crippen molar-refractivity contribution in [1.82, 2.24) is 24.3 Å². The maximum atomic E-state index is 12.9. The molecule has 1 aliphatic carbocycles. The van der Waals surface area contributed by atoms with Gasteiger partial charge in [-0.05, 0) is 31.0 Å². The van der Waals surface area contributed by atoms with Gasteiger partial charge in [0.2, 0.25) is 0 Å². The van der Waals surface area contributed by atoms with Crippen LogP contribution >= 0.6 is 0 Å². The molecule has 0 bridgehead atoms. The minimum atomic E-state index is -0.365. The molecular formula is C21H20N6O2. The van der Waals surface area contributed by atoms with Gasteiger partial charge in [-0.15, -0.1) is 5.10 Å². The number of hydrogen-bond acceptors (Lipinski definition) is 5. The Labute approximate surface area is 166 Å². The van der Waals surface area contributed by atoms with Crippen molar-refractivity contribution in [1.29, 1.82) is 0 Å². The van der Waals surface area contributed by atoms with Gasteiger partial charge >= 0.3 is 0 Å². The molecule has 0 saturated heterocycles. The van der Waals surface area contributed by atoms with Crippen LogP contribution in [0.3, 0.4) is 0 Å². The highest BCUT2D eigenvalue weighted by molar-refractivity contribution is 6.00. The average molecular weight is 388 g/mol. The number of benzene rings is 1. The molecule has 0 spiro atoms. The summed E-state index contributed by atoms with van der Waals surface area (Å²) in [6, 6.07) is 10.5. The fraction of sp³-hybridized carbons (Fsp3) is 0.286. The zero-order chi connectivity index (χ0) is 19.8. The summed E-state index contributed by atoms with van der Waals surface area (Å²) in [6.07, 6.45) is 8.87. The third kappa shape index (κ3) is 3.16. The second-order valence-electron chi connectivity index (χ2n) is 7.37. The first-order chi connectivity index (χ1) is 14.2. The Morgan fingerprint density at radius 2 is 1.86 bits per heavy atom. The summed E-state index contributed by atoms with van der Waals surface area (Å²) in [5.74, 6) is 1.28. The van der Waals surface area contributed by atoms with Gasteiger partial charge < -0.3 is 0 Å². The number of aromatic nitrogens is 5. The third-order valence-electron chi connectivity index (χ3n) is 5.48. The van der Waals surface area contributed by atoms with Crippen LogP contribution in [-0.2, 0) is 0 Å². The third-order valence-corrected chi connectivity index (χ3v) is 5.48. The monoisotopic (exact) mass is 388 g/mol. The summed E-state index contributed by atoms with van der Waals surface area (Å²) in [7, 11) is 0. The van der Waals surface area contributed by atoms with Gasteiger partial charge in [0.15, 0.2) is 5.82 Å². The number of nitrogens with zero attached hydrogens (tertiary/aromatic N) is 5. The van der Waals surface area contributed by atoms with Crippen molar-refractivity contribution >= 4 is 22.6 Å². The quantitative estimate of drug-likeness (QED) is 0.582. The van der Waals surface area contributed by atoms with Crippen LogP contribution in [0.2, 0.25) is 0 Å². The van der Waals surface area contributed by atoms with E-state index in [1.807, 2.05) is 6.07 Å². The SMILES string of the molecule is O=C(Nn1ccc2c(cnc3nc(C4CCCCC4)nn32)c1=O)c1ccccc1. The minimum absolute atomic E-state index is 0.353. The molecule has 8 heteroatoms. The lowest BCUT2D eigenvalue weighted by molar-refractivity contribution is 0.101. The molecule has 3 heterocycles. The van der Waals surface area contributed by atoms with Crippen molar-refractivity contribution in [2.75, 3.05) is 5.43 Å². The molecule has 1 fully saturated rings. The van der Waals surface area contributed by atoms with Gasteiger partial charge in [-0.25, -0.2) is 9.66 Å². The number of nitrogens with one attached hydrogen (secondary N) is 1. The standard InChI is InChI=1S/C21H20N6O2/c28-19(15-9-5-2-6-10-15)25-26-12-11-17-16(20(26)29)13-22-21-23-18(24-27(17)21)14-7-3-1-4-8-14/h2,5-6,9-14H,1,3-4,7-8H2,(H,25,28). The topological polar surface area (TPSA) is 94.2 Å². The number of fused-ring (bicyclic) bond motifs is 3. The highest BCUT2D eigenvalue weighted by atomic mass is 16.2. The van der Waals surface area contributed by atoms with Gasteiger partial charge in [0.1, 0.15) is 0 Å². The van der Waals surface area contributed by atoms with Gasteiger partial charge in [0.05, 0.1) is 10.9 Å². The number of amides is 1. The fourth-order valence-corrected chi connectivity index (χ4v) is 3.92. The number of rotatable bonds is 3. The lowest BCUT2D eigenvalue weighted by Gasteiger charge is -2.17. The van der Waals surface area contributed by atoms with E-state index in [4.69, 9.17) is 0 Å². The molecule has 5 rings (SSSR count). The van der Waals surface area contributed by atoms with Crippen LogP contribution < -0.4 is 11.0 Å². The average Bonchev–Trinajstić information content (AvgIpc) is 3.21. The minimum Gasteiger partial charge on any atom is -0.267 e. The first-order valence-electron chi connectivity index (χ1n) is 9.84.